The summed E-state index contributed by atoms with van der Waals surface area (Å²) >= 11 is 12.1. The van der Waals surface area contributed by atoms with Crippen LogP contribution in [0.15, 0.2) is 42.5 Å². The summed E-state index contributed by atoms with van der Waals surface area (Å²) in [4.78, 5) is 0. The molecule has 2 nitrogen and oxygen atoms in total. The zero-order valence-corrected chi connectivity index (χ0v) is 12.0. The average molecular weight is 296 g/mol. The highest BCUT2D eigenvalue weighted by atomic mass is 35.5. The van der Waals surface area contributed by atoms with Crippen molar-refractivity contribution in [3.63, 3.8) is 0 Å². The monoisotopic (exact) mass is 295 g/mol. The molecule has 0 bridgehead atoms. The van der Waals surface area contributed by atoms with Crippen LogP contribution in [-0.2, 0) is 0 Å². The molecule has 0 aliphatic rings. The first kappa shape index (κ1) is 14.0. The lowest BCUT2D eigenvalue weighted by molar-refractivity contribution is 0.475. The molecular formula is C15H15Cl2NO. The van der Waals surface area contributed by atoms with Crippen LogP contribution in [-0.4, -0.2) is 5.11 Å². The minimum Gasteiger partial charge on any atom is -0.508 e. The molecule has 0 fully saturated rings. The van der Waals surface area contributed by atoms with Crippen molar-refractivity contribution in [1.82, 2.24) is 0 Å². The van der Waals surface area contributed by atoms with Crippen molar-refractivity contribution < 1.29 is 5.11 Å². The third-order valence-electron chi connectivity index (χ3n) is 2.93. The molecule has 2 aromatic rings. The summed E-state index contributed by atoms with van der Waals surface area (Å²) in [5, 5.41) is 14.1. The van der Waals surface area contributed by atoms with Crippen molar-refractivity contribution in [2.45, 2.75) is 19.4 Å². The van der Waals surface area contributed by atoms with Gasteiger partial charge in [0.05, 0.1) is 6.04 Å². The Morgan fingerprint density at radius 3 is 2.58 bits per heavy atom. The topological polar surface area (TPSA) is 32.3 Å². The van der Waals surface area contributed by atoms with Crippen LogP contribution < -0.4 is 5.32 Å². The summed E-state index contributed by atoms with van der Waals surface area (Å²) in [6, 6.07) is 12.6. The van der Waals surface area contributed by atoms with Crippen LogP contribution in [0.2, 0.25) is 10.0 Å². The highest BCUT2D eigenvalue weighted by Crippen LogP contribution is 2.31. The molecule has 2 N–H and O–H groups in total. The predicted molar refractivity (Wildman–Crippen MR) is 81.2 cm³/mol. The lowest BCUT2D eigenvalue weighted by atomic mass is 10.0. The number of benzene rings is 2. The molecule has 1 unspecified atom stereocenters. The van der Waals surface area contributed by atoms with Gasteiger partial charge in [0.1, 0.15) is 5.75 Å². The van der Waals surface area contributed by atoms with E-state index in [0.29, 0.717) is 10.0 Å². The van der Waals surface area contributed by atoms with Gasteiger partial charge in [-0.3, -0.25) is 0 Å². The first-order valence-electron chi connectivity index (χ1n) is 6.10. The molecule has 0 heterocycles. The Kier molecular flexibility index (Phi) is 4.56. The van der Waals surface area contributed by atoms with Gasteiger partial charge in [0.25, 0.3) is 0 Å². The Hall–Kier alpha value is -1.38. The third kappa shape index (κ3) is 3.55. The highest BCUT2D eigenvalue weighted by Gasteiger charge is 2.13. The second-order valence-corrected chi connectivity index (χ2v) is 5.16. The van der Waals surface area contributed by atoms with Gasteiger partial charge in [0.15, 0.2) is 0 Å². The molecule has 1 atom stereocenters. The molecule has 2 aromatic carbocycles. The molecule has 19 heavy (non-hydrogen) atoms. The standard InChI is InChI=1S/C15H15Cl2NO/c1-2-15(13-7-6-10(16)8-14(13)17)18-11-4-3-5-12(19)9-11/h3-9,15,18-19H,2H2,1H3. The van der Waals surface area contributed by atoms with Gasteiger partial charge in [-0.05, 0) is 36.2 Å². The summed E-state index contributed by atoms with van der Waals surface area (Å²) in [5.74, 6) is 0.238. The maximum Gasteiger partial charge on any atom is 0.117 e. The van der Waals surface area contributed by atoms with Crippen molar-refractivity contribution in [2.75, 3.05) is 5.32 Å². The molecule has 0 aliphatic heterocycles. The Balaban J connectivity index is 2.25. The maximum atomic E-state index is 9.48. The van der Waals surface area contributed by atoms with Crippen molar-refractivity contribution in [3.8, 4) is 5.75 Å². The summed E-state index contributed by atoms with van der Waals surface area (Å²) in [5.41, 5.74) is 1.86. The predicted octanol–water partition coefficient (Wildman–Crippen LogP) is 5.26. The molecule has 0 saturated heterocycles. The fourth-order valence-electron chi connectivity index (χ4n) is 1.98. The Bertz CT molecular complexity index is 572. The number of rotatable bonds is 4. The van der Waals surface area contributed by atoms with Crippen molar-refractivity contribution >= 4 is 28.9 Å². The van der Waals surface area contributed by atoms with E-state index in [0.717, 1.165) is 17.7 Å². The summed E-state index contributed by atoms with van der Waals surface area (Å²) in [6.07, 6.45) is 0.872. The van der Waals surface area contributed by atoms with Crippen LogP contribution in [0.1, 0.15) is 24.9 Å². The summed E-state index contributed by atoms with van der Waals surface area (Å²) < 4.78 is 0. The fraction of sp³-hybridized carbons (Fsp3) is 0.200. The number of halogens is 2. The summed E-state index contributed by atoms with van der Waals surface area (Å²) in [6.45, 7) is 2.07. The van der Waals surface area contributed by atoms with E-state index >= 15 is 0 Å². The number of phenolic OH excluding ortho intramolecular Hbond substituents is 1. The number of aromatic hydroxyl groups is 1. The first-order chi connectivity index (χ1) is 9.10. The third-order valence-corrected chi connectivity index (χ3v) is 3.50. The Morgan fingerprint density at radius 2 is 1.95 bits per heavy atom. The van der Waals surface area contributed by atoms with Gasteiger partial charge in [0.2, 0.25) is 0 Å². The van der Waals surface area contributed by atoms with Crippen molar-refractivity contribution in [1.29, 1.82) is 0 Å². The summed E-state index contributed by atoms with van der Waals surface area (Å²) in [7, 11) is 0. The number of hydrogen-bond acceptors (Lipinski definition) is 2. The Labute approximate surface area is 123 Å². The van der Waals surface area contributed by atoms with Crippen LogP contribution in [0.5, 0.6) is 5.75 Å². The fourth-order valence-corrected chi connectivity index (χ4v) is 2.52. The minimum atomic E-state index is 0.0755. The number of hydrogen-bond donors (Lipinski definition) is 2. The van der Waals surface area contributed by atoms with Crippen molar-refractivity contribution in [3.05, 3.63) is 58.1 Å². The molecule has 0 aromatic heterocycles. The number of anilines is 1. The van der Waals surface area contributed by atoms with Crippen LogP contribution in [0.4, 0.5) is 5.69 Å². The first-order valence-corrected chi connectivity index (χ1v) is 6.86. The molecule has 0 amide bonds. The van der Waals surface area contributed by atoms with E-state index in [1.165, 1.54) is 0 Å². The van der Waals surface area contributed by atoms with Gasteiger partial charge in [0, 0.05) is 21.8 Å². The number of phenols is 1. The van der Waals surface area contributed by atoms with Gasteiger partial charge in [-0.15, -0.1) is 0 Å². The van der Waals surface area contributed by atoms with E-state index in [9.17, 15) is 5.11 Å². The smallest absolute Gasteiger partial charge is 0.117 e. The van der Waals surface area contributed by atoms with E-state index in [1.807, 2.05) is 18.2 Å². The van der Waals surface area contributed by atoms with Gasteiger partial charge in [-0.1, -0.05) is 42.3 Å². The van der Waals surface area contributed by atoms with E-state index in [4.69, 9.17) is 23.2 Å². The van der Waals surface area contributed by atoms with Crippen molar-refractivity contribution in [2.24, 2.45) is 0 Å². The van der Waals surface area contributed by atoms with E-state index in [1.54, 1.807) is 24.3 Å². The van der Waals surface area contributed by atoms with Crippen LogP contribution in [0, 0.1) is 0 Å². The second-order valence-electron chi connectivity index (χ2n) is 4.32. The molecule has 0 spiro atoms. The molecule has 4 heteroatoms. The molecule has 100 valence electrons. The van der Waals surface area contributed by atoms with Gasteiger partial charge in [-0.25, -0.2) is 0 Å². The highest BCUT2D eigenvalue weighted by molar-refractivity contribution is 6.35. The zero-order chi connectivity index (χ0) is 13.8. The van der Waals surface area contributed by atoms with Crippen LogP contribution in [0.25, 0.3) is 0 Å². The normalized spacial score (nSPS) is 12.2. The maximum absolute atomic E-state index is 9.48. The molecule has 0 saturated carbocycles. The molecule has 0 radical (unpaired) electrons. The van der Waals surface area contributed by atoms with E-state index in [-0.39, 0.29) is 11.8 Å². The SMILES string of the molecule is CCC(Nc1cccc(O)c1)c1ccc(Cl)cc1Cl. The van der Waals surface area contributed by atoms with Gasteiger partial charge in [-0.2, -0.15) is 0 Å². The lowest BCUT2D eigenvalue weighted by Crippen LogP contribution is -2.10. The average Bonchev–Trinajstić information content (AvgIpc) is 2.37. The van der Waals surface area contributed by atoms with Crippen LogP contribution >= 0.6 is 23.2 Å². The largest absolute Gasteiger partial charge is 0.508 e. The minimum absolute atomic E-state index is 0.0755. The van der Waals surface area contributed by atoms with E-state index in [2.05, 4.69) is 12.2 Å². The molecular weight excluding hydrogens is 281 g/mol. The Morgan fingerprint density at radius 1 is 1.16 bits per heavy atom. The quantitative estimate of drug-likeness (QED) is 0.806. The van der Waals surface area contributed by atoms with E-state index < -0.39 is 0 Å². The molecule has 2 rings (SSSR count). The zero-order valence-electron chi connectivity index (χ0n) is 10.5. The van der Waals surface area contributed by atoms with Gasteiger partial charge >= 0.3 is 0 Å². The lowest BCUT2D eigenvalue weighted by Gasteiger charge is -2.20. The van der Waals surface area contributed by atoms with Crippen LogP contribution in [0.3, 0.4) is 0 Å². The van der Waals surface area contributed by atoms with Gasteiger partial charge < -0.3 is 10.4 Å². The molecule has 0 aliphatic carbocycles. The number of nitrogens with one attached hydrogen (secondary N) is 1. The second kappa shape index (κ2) is 6.18.